The molecule has 0 unspecified atom stereocenters. The molecule has 0 bridgehead atoms. The van der Waals surface area contributed by atoms with E-state index in [-0.39, 0.29) is 5.56 Å². The maximum absolute atomic E-state index is 12.6. The normalized spacial score (nSPS) is 15.1. The summed E-state index contributed by atoms with van der Waals surface area (Å²) in [6.45, 7) is 4.09. The summed E-state index contributed by atoms with van der Waals surface area (Å²) in [7, 11) is 0. The molecule has 0 saturated carbocycles. The molecule has 0 radical (unpaired) electrons. The van der Waals surface area contributed by atoms with Crippen molar-refractivity contribution in [3.63, 3.8) is 0 Å². The van der Waals surface area contributed by atoms with Crippen LogP contribution in [0.25, 0.3) is 20.7 Å². The number of rotatable bonds is 4. The minimum absolute atomic E-state index is 0.0697. The zero-order valence-electron chi connectivity index (χ0n) is 15.8. The quantitative estimate of drug-likeness (QED) is 0.564. The number of thiophene rings is 1. The van der Waals surface area contributed by atoms with Crippen molar-refractivity contribution in [1.82, 2.24) is 24.8 Å². The third kappa shape index (κ3) is 3.76. The second-order valence-electron chi connectivity index (χ2n) is 7.02. The molecule has 8 heteroatoms. The number of nitrogens with one attached hydrogen (secondary N) is 1. The molecule has 146 valence electrons. The molecule has 4 heterocycles. The molecule has 0 spiro atoms. The van der Waals surface area contributed by atoms with Crippen LogP contribution in [0.15, 0.2) is 59.7 Å². The first-order valence-electron chi connectivity index (χ1n) is 9.59. The van der Waals surface area contributed by atoms with E-state index in [1.165, 1.54) is 0 Å². The van der Waals surface area contributed by atoms with Crippen LogP contribution in [0.1, 0.15) is 5.82 Å². The van der Waals surface area contributed by atoms with E-state index in [9.17, 15) is 4.79 Å². The van der Waals surface area contributed by atoms with Crippen molar-refractivity contribution in [2.24, 2.45) is 0 Å². The first-order chi connectivity index (χ1) is 14.3. The van der Waals surface area contributed by atoms with Gasteiger partial charge in [-0.05, 0) is 17.7 Å². The maximum Gasteiger partial charge on any atom is 0.259 e. The highest BCUT2D eigenvalue weighted by molar-refractivity contribution is 7.21. The number of H-pyrrole nitrogens is 1. The highest BCUT2D eigenvalue weighted by atomic mass is 32.1. The summed E-state index contributed by atoms with van der Waals surface area (Å²) in [6.07, 6.45) is 3.53. The molecule has 3 aromatic heterocycles. The second-order valence-corrected chi connectivity index (χ2v) is 8.05. The highest BCUT2D eigenvalue weighted by Gasteiger charge is 2.20. The van der Waals surface area contributed by atoms with Crippen molar-refractivity contribution in [2.45, 2.75) is 6.54 Å². The Morgan fingerprint density at radius 2 is 1.76 bits per heavy atom. The van der Waals surface area contributed by atoms with Gasteiger partial charge in [0.25, 0.3) is 5.56 Å². The van der Waals surface area contributed by atoms with E-state index in [2.05, 4.69) is 36.9 Å². The molecule has 1 aliphatic rings. The smallest absolute Gasteiger partial charge is 0.259 e. The topological polar surface area (TPSA) is 78.0 Å². The molecule has 1 fully saturated rings. The van der Waals surface area contributed by atoms with Crippen LogP contribution in [-0.2, 0) is 6.54 Å². The Labute approximate surface area is 171 Å². The summed E-state index contributed by atoms with van der Waals surface area (Å²) >= 11 is 1.56. The monoisotopic (exact) mass is 404 g/mol. The fourth-order valence-corrected chi connectivity index (χ4v) is 4.62. The number of aromatic nitrogens is 4. The number of hydrogen-bond acceptors (Lipinski definition) is 7. The van der Waals surface area contributed by atoms with Crippen LogP contribution in [0.2, 0.25) is 0 Å². The van der Waals surface area contributed by atoms with Gasteiger partial charge in [-0.25, -0.2) is 15.0 Å². The summed E-state index contributed by atoms with van der Waals surface area (Å²) in [5, 5.41) is 0.656. The molecule has 29 heavy (non-hydrogen) atoms. The van der Waals surface area contributed by atoms with E-state index in [0.29, 0.717) is 17.8 Å². The van der Waals surface area contributed by atoms with Crippen molar-refractivity contribution >= 4 is 27.5 Å². The predicted molar refractivity (Wildman–Crippen MR) is 115 cm³/mol. The number of hydrogen-bond donors (Lipinski definition) is 1. The largest absolute Gasteiger partial charge is 0.338 e. The molecular formula is C21H20N6OS. The molecule has 5 rings (SSSR count). The van der Waals surface area contributed by atoms with Crippen LogP contribution in [-0.4, -0.2) is 51.0 Å². The van der Waals surface area contributed by atoms with Crippen LogP contribution in [0, 0.1) is 0 Å². The predicted octanol–water partition coefficient (Wildman–Crippen LogP) is 2.76. The Morgan fingerprint density at radius 3 is 2.52 bits per heavy atom. The number of anilines is 1. The molecule has 0 atom stereocenters. The molecule has 0 aliphatic carbocycles. The average molecular weight is 404 g/mol. The Kier molecular flexibility index (Phi) is 4.79. The molecule has 1 aromatic carbocycles. The molecule has 7 nitrogen and oxygen atoms in total. The summed E-state index contributed by atoms with van der Waals surface area (Å²) in [6, 6.07) is 13.9. The van der Waals surface area contributed by atoms with Crippen molar-refractivity contribution < 1.29 is 0 Å². The lowest BCUT2D eigenvalue weighted by atomic mass is 10.2. The van der Waals surface area contributed by atoms with Gasteiger partial charge in [-0.3, -0.25) is 9.69 Å². The molecule has 4 aromatic rings. The third-order valence-corrected chi connectivity index (χ3v) is 6.17. The van der Waals surface area contributed by atoms with Gasteiger partial charge in [0, 0.05) is 43.4 Å². The fourth-order valence-electron chi connectivity index (χ4n) is 3.57. The van der Waals surface area contributed by atoms with E-state index in [1.807, 2.05) is 30.3 Å². The average Bonchev–Trinajstić information content (AvgIpc) is 3.20. The van der Waals surface area contributed by atoms with Crippen LogP contribution < -0.4 is 10.5 Å². The lowest BCUT2D eigenvalue weighted by molar-refractivity contribution is 0.243. The van der Waals surface area contributed by atoms with Gasteiger partial charge in [0.05, 0.1) is 11.9 Å². The summed E-state index contributed by atoms with van der Waals surface area (Å²) in [5.41, 5.74) is 1.04. The maximum atomic E-state index is 12.6. The van der Waals surface area contributed by atoms with Gasteiger partial charge in [0.1, 0.15) is 10.7 Å². The zero-order chi connectivity index (χ0) is 19.6. The van der Waals surface area contributed by atoms with Gasteiger partial charge in [-0.2, -0.15) is 0 Å². The van der Waals surface area contributed by atoms with Crippen LogP contribution in [0.3, 0.4) is 0 Å². The molecule has 1 N–H and O–H groups in total. The van der Waals surface area contributed by atoms with Gasteiger partial charge in [0.2, 0.25) is 5.95 Å². The van der Waals surface area contributed by atoms with Crippen molar-refractivity contribution in [3.05, 3.63) is 71.0 Å². The number of fused-ring (bicyclic) bond motifs is 1. The lowest BCUT2D eigenvalue weighted by Gasteiger charge is -2.34. The number of benzene rings is 1. The van der Waals surface area contributed by atoms with Gasteiger partial charge >= 0.3 is 0 Å². The number of nitrogens with zero attached hydrogens (tertiary/aromatic N) is 5. The van der Waals surface area contributed by atoms with E-state index in [1.54, 1.807) is 23.7 Å². The third-order valence-electron chi connectivity index (χ3n) is 5.09. The summed E-state index contributed by atoms with van der Waals surface area (Å²) < 4.78 is 0. The first kappa shape index (κ1) is 18.0. The molecule has 1 aliphatic heterocycles. The zero-order valence-corrected chi connectivity index (χ0v) is 16.6. The van der Waals surface area contributed by atoms with Gasteiger partial charge in [-0.15, -0.1) is 11.3 Å². The van der Waals surface area contributed by atoms with Crippen LogP contribution in [0.5, 0.6) is 0 Å². The Balaban J connectivity index is 1.32. The molecular weight excluding hydrogens is 384 g/mol. The summed E-state index contributed by atoms with van der Waals surface area (Å²) in [4.78, 5) is 35.3. The second kappa shape index (κ2) is 7.73. The van der Waals surface area contributed by atoms with Gasteiger partial charge in [-0.1, -0.05) is 30.3 Å². The van der Waals surface area contributed by atoms with Crippen molar-refractivity contribution in [2.75, 3.05) is 31.1 Å². The fraction of sp³-hybridized carbons (Fsp3) is 0.238. The number of aromatic amines is 1. The first-order valence-corrected chi connectivity index (χ1v) is 10.4. The minimum atomic E-state index is -0.0697. The van der Waals surface area contributed by atoms with Crippen molar-refractivity contribution in [1.29, 1.82) is 0 Å². The molecule has 0 amide bonds. The SMILES string of the molecule is O=c1[nH]c(CN2CCN(c3ncccn3)CC2)nc2sc(-c3ccccc3)cc12. The Morgan fingerprint density at radius 1 is 1.00 bits per heavy atom. The van der Waals surface area contributed by atoms with Crippen LogP contribution in [0.4, 0.5) is 5.95 Å². The van der Waals surface area contributed by atoms with Crippen molar-refractivity contribution in [3.8, 4) is 10.4 Å². The number of piperazine rings is 1. The Hall–Kier alpha value is -3.10. The van der Waals surface area contributed by atoms with E-state index >= 15 is 0 Å². The Bertz CT molecular complexity index is 1170. The van der Waals surface area contributed by atoms with Gasteiger partial charge < -0.3 is 9.88 Å². The standard InChI is InChI=1S/C21H20N6OS/c28-19-16-13-17(15-5-2-1-3-6-15)29-20(16)25-18(24-19)14-26-9-11-27(12-10-26)21-22-7-4-8-23-21/h1-8,13H,9-12,14H2,(H,24,25,28). The molecule has 1 saturated heterocycles. The summed E-state index contributed by atoms with van der Waals surface area (Å²) in [5.74, 6) is 1.49. The van der Waals surface area contributed by atoms with E-state index in [4.69, 9.17) is 4.98 Å². The van der Waals surface area contributed by atoms with Gasteiger partial charge in [0.15, 0.2) is 0 Å². The highest BCUT2D eigenvalue weighted by Crippen LogP contribution is 2.30. The van der Waals surface area contributed by atoms with Crippen LogP contribution >= 0.6 is 11.3 Å². The van der Waals surface area contributed by atoms with E-state index < -0.39 is 0 Å². The lowest BCUT2D eigenvalue weighted by Crippen LogP contribution is -2.46. The van der Waals surface area contributed by atoms with E-state index in [0.717, 1.165) is 47.4 Å². The minimum Gasteiger partial charge on any atom is -0.338 e.